The second-order valence-corrected chi connectivity index (χ2v) is 6.42. The van der Waals surface area contributed by atoms with Crippen LogP contribution in [0.1, 0.15) is 35.9 Å². The number of carbonyl (C=O) groups excluding carboxylic acids is 1. The van der Waals surface area contributed by atoms with Crippen LogP contribution in [-0.2, 0) is 0 Å². The maximum atomic E-state index is 12.1. The summed E-state index contributed by atoms with van der Waals surface area (Å²) in [5, 5.41) is 3.88. The zero-order chi connectivity index (χ0) is 13.8. The van der Waals surface area contributed by atoms with Crippen LogP contribution in [0.4, 0.5) is 5.69 Å². The molecule has 5 heteroatoms. The molecule has 2 aromatic rings. The molecule has 1 amide bonds. The molecule has 0 atom stereocenters. The molecule has 0 bridgehead atoms. The summed E-state index contributed by atoms with van der Waals surface area (Å²) in [4.78, 5) is 12.7. The zero-order valence-electron chi connectivity index (χ0n) is 10.8. The number of hydrogen-bond acceptors (Lipinski definition) is 3. The van der Waals surface area contributed by atoms with E-state index in [0.29, 0.717) is 17.1 Å². The van der Waals surface area contributed by atoms with Gasteiger partial charge in [-0.25, -0.2) is 0 Å². The van der Waals surface area contributed by atoms with Crippen LogP contribution in [0.2, 0.25) is 0 Å². The molecule has 0 aliphatic rings. The summed E-state index contributed by atoms with van der Waals surface area (Å²) >= 11 is 4.87. The Labute approximate surface area is 125 Å². The van der Waals surface area contributed by atoms with E-state index in [1.807, 2.05) is 18.2 Å². The highest BCUT2D eigenvalue weighted by Crippen LogP contribution is 2.35. The standard InChI is InChI=1S/C14H17BrN2OS/c1-2-3-4-7-17-14(18)13-12(16)10-6-5-9(15)8-11(10)19-13/h5-6,8H,2-4,7,16H2,1H3,(H,17,18). The first kappa shape index (κ1) is 14.3. The fourth-order valence-electron chi connectivity index (χ4n) is 1.92. The molecule has 2 rings (SSSR count). The van der Waals surface area contributed by atoms with Gasteiger partial charge in [-0.15, -0.1) is 11.3 Å². The van der Waals surface area contributed by atoms with Crippen molar-refractivity contribution in [2.24, 2.45) is 0 Å². The van der Waals surface area contributed by atoms with Gasteiger partial charge in [0, 0.05) is 21.1 Å². The van der Waals surface area contributed by atoms with Crippen LogP contribution in [0, 0.1) is 0 Å². The van der Waals surface area contributed by atoms with Gasteiger partial charge in [0.2, 0.25) is 0 Å². The van der Waals surface area contributed by atoms with Crippen molar-refractivity contribution in [3.8, 4) is 0 Å². The zero-order valence-corrected chi connectivity index (χ0v) is 13.2. The van der Waals surface area contributed by atoms with E-state index < -0.39 is 0 Å². The third-order valence-electron chi connectivity index (χ3n) is 2.96. The number of halogens is 1. The monoisotopic (exact) mass is 340 g/mol. The van der Waals surface area contributed by atoms with Crippen molar-refractivity contribution >= 4 is 48.9 Å². The van der Waals surface area contributed by atoms with Crippen LogP contribution in [0.5, 0.6) is 0 Å². The van der Waals surface area contributed by atoms with Crippen LogP contribution < -0.4 is 11.1 Å². The van der Waals surface area contributed by atoms with Crippen molar-refractivity contribution in [3.63, 3.8) is 0 Å². The van der Waals surface area contributed by atoms with E-state index in [1.165, 1.54) is 11.3 Å². The Morgan fingerprint density at radius 2 is 2.21 bits per heavy atom. The predicted molar refractivity (Wildman–Crippen MR) is 85.8 cm³/mol. The topological polar surface area (TPSA) is 55.1 Å². The fraction of sp³-hybridized carbons (Fsp3) is 0.357. The molecular formula is C14H17BrN2OS. The summed E-state index contributed by atoms with van der Waals surface area (Å²) < 4.78 is 2.03. The first-order chi connectivity index (χ1) is 9.13. The Morgan fingerprint density at radius 1 is 1.42 bits per heavy atom. The highest BCUT2D eigenvalue weighted by molar-refractivity contribution is 9.10. The normalized spacial score (nSPS) is 10.8. The van der Waals surface area contributed by atoms with Crippen LogP contribution in [0.25, 0.3) is 10.1 Å². The number of nitrogens with two attached hydrogens (primary N) is 1. The van der Waals surface area contributed by atoms with Gasteiger partial charge in [0.25, 0.3) is 5.91 Å². The van der Waals surface area contributed by atoms with E-state index in [-0.39, 0.29) is 5.91 Å². The molecule has 3 N–H and O–H groups in total. The average molecular weight is 341 g/mol. The first-order valence-corrected chi connectivity index (χ1v) is 8.00. The number of unbranched alkanes of at least 4 members (excludes halogenated alkanes) is 2. The minimum Gasteiger partial charge on any atom is -0.397 e. The quantitative estimate of drug-likeness (QED) is 0.802. The van der Waals surface area contributed by atoms with Crippen molar-refractivity contribution in [3.05, 3.63) is 27.5 Å². The van der Waals surface area contributed by atoms with Gasteiger partial charge in [0.05, 0.1) is 5.69 Å². The van der Waals surface area contributed by atoms with Gasteiger partial charge in [0.1, 0.15) is 4.88 Å². The number of hydrogen-bond donors (Lipinski definition) is 2. The van der Waals surface area contributed by atoms with Crippen molar-refractivity contribution in [2.75, 3.05) is 12.3 Å². The second kappa shape index (κ2) is 6.39. The molecule has 0 spiro atoms. The maximum Gasteiger partial charge on any atom is 0.263 e. The molecular weight excluding hydrogens is 324 g/mol. The van der Waals surface area contributed by atoms with Crippen molar-refractivity contribution < 1.29 is 4.79 Å². The number of benzene rings is 1. The van der Waals surface area contributed by atoms with Gasteiger partial charge < -0.3 is 11.1 Å². The van der Waals surface area contributed by atoms with E-state index in [2.05, 4.69) is 28.2 Å². The fourth-order valence-corrected chi connectivity index (χ4v) is 3.51. The lowest BCUT2D eigenvalue weighted by Gasteiger charge is -2.03. The van der Waals surface area contributed by atoms with Crippen molar-refractivity contribution in [1.29, 1.82) is 0 Å². The number of anilines is 1. The number of rotatable bonds is 5. The largest absolute Gasteiger partial charge is 0.397 e. The summed E-state index contributed by atoms with van der Waals surface area (Å²) in [6, 6.07) is 5.87. The van der Waals surface area contributed by atoms with Crippen LogP contribution in [0.3, 0.4) is 0 Å². The highest BCUT2D eigenvalue weighted by atomic mass is 79.9. The molecule has 3 nitrogen and oxygen atoms in total. The Kier molecular flexibility index (Phi) is 4.82. The van der Waals surface area contributed by atoms with Gasteiger partial charge in [0.15, 0.2) is 0 Å². The first-order valence-electron chi connectivity index (χ1n) is 6.39. The smallest absolute Gasteiger partial charge is 0.263 e. The molecule has 0 fully saturated rings. The van der Waals surface area contributed by atoms with E-state index in [0.717, 1.165) is 33.8 Å². The van der Waals surface area contributed by atoms with Gasteiger partial charge in [-0.3, -0.25) is 4.79 Å². The SMILES string of the molecule is CCCCCNC(=O)c1sc2cc(Br)ccc2c1N. The summed E-state index contributed by atoms with van der Waals surface area (Å²) in [5.74, 6) is -0.0640. The summed E-state index contributed by atoms with van der Waals surface area (Å²) in [6.07, 6.45) is 3.29. The average Bonchev–Trinajstić information content (AvgIpc) is 2.71. The molecule has 0 radical (unpaired) electrons. The van der Waals surface area contributed by atoms with Gasteiger partial charge in [-0.05, 0) is 18.6 Å². The molecule has 0 aliphatic carbocycles. The summed E-state index contributed by atoms with van der Waals surface area (Å²) in [5.41, 5.74) is 6.64. The molecule has 0 aliphatic heterocycles. The molecule has 0 saturated heterocycles. The van der Waals surface area contributed by atoms with E-state index >= 15 is 0 Å². The second-order valence-electron chi connectivity index (χ2n) is 4.45. The van der Waals surface area contributed by atoms with Gasteiger partial charge in [-0.1, -0.05) is 41.8 Å². The number of nitrogen functional groups attached to an aromatic ring is 1. The van der Waals surface area contributed by atoms with Crippen molar-refractivity contribution in [1.82, 2.24) is 5.32 Å². The minimum absolute atomic E-state index is 0.0640. The van der Waals surface area contributed by atoms with E-state index in [9.17, 15) is 4.79 Å². The Balaban J connectivity index is 2.15. The van der Waals surface area contributed by atoms with Crippen molar-refractivity contribution in [2.45, 2.75) is 26.2 Å². The van der Waals surface area contributed by atoms with Crippen LogP contribution in [-0.4, -0.2) is 12.5 Å². The Hall–Kier alpha value is -1.07. The Bertz CT molecular complexity index is 594. The molecule has 1 aromatic heterocycles. The van der Waals surface area contributed by atoms with E-state index in [1.54, 1.807) is 0 Å². The lowest BCUT2D eigenvalue weighted by molar-refractivity contribution is 0.0958. The minimum atomic E-state index is -0.0640. The summed E-state index contributed by atoms with van der Waals surface area (Å²) in [7, 11) is 0. The molecule has 0 unspecified atom stereocenters. The molecule has 102 valence electrons. The van der Waals surface area contributed by atoms with E-state index in [4.69, 9.17) is 5.73 Å². The molecule has 1 aromatic carbocycles. The van der Waals surface area contributed by atoms with Gasteiger partial charge in [-0.2, -0.15) is 0 Å². The predicted octanol–water partition coefficient (Wildman–Crippen LogP) is 4.17. The van der Waals surface area contributed by atoms with Crippen LogP contribution >= 0.6 is 27.3 Å². The molecule has 19 heavy (non-hydrogen) atoms. The highest BCUT2D eigenvalue weighted by Gasteiger charge is 2.15. The number of fused-ring (bicyclic) bond motifs is 1. The number of amides is 1. The number of carbonyl (C=O) groups is 1. The third-order valence-corrected chi connectivity index (χ3v) is 4.62. The van der Waals surface area contributed by atoms with Gasteiger partial charge >= 0.3 is 0 Å². The summed E-state index contributed by atoms with van der Waals surface area (Å²) in [6.45, 7) is 2.85. The Morgan fingerprint density at radius 3 is 2.95 bits per heavy atom. The number of thiophene rings is 1. The molecule has 1 heterocycles. The lowest BCUT2D eigenvalue weighted by Crippen LogP contribution is -2.24. The third kappa shape index (κ3) is 3.28. The lowest BCUT2D eigenvalue weighted by atomic mass is 10.2. The molecule has 0 saturated carbocycles. The number of nitrogens with one attached hydrogen (secondary N) is 1. The van der Waals surface area contributed by atoms with Crippen LogP contribution in [0.15, 0.2) is 22.7 Å². The maximum absolute atomic E-state index is 12.1.